The van der Waals surface area contributed by atoms with Gasteiger partial charge in [0, 0.05) is 17.0 Å². The van der Waals surface area contributed by atoms with Crippen molar-refractivity contribution < 1.29 is 13.2 Å². The lowest BCUT2D eigenvalue weighted by Crippen LogP contribution is -2.28. The molecule has 0 aliphatic carbocycles. The third kappa shape index (κ3) is 2.61. The van der Waals surface area contributed by atoms with Crippen LogP contribution in [0.1, 0.15) is 24.2 Å². The van der Waals surface area contributed by atoms with Crippen LogP contribution >= 0.6 is 0 Å². The fourth-order valence-electron chi connectivity index (χ4n) is 1.30. The second kappa shape index (κ2) is 4.65. The number of hydrogen-bond acceptors (Lipinski definition) is 4. The van der Waals surface area contributed by atoms with Crippen molar-refractivity contribution in [1.82, 2.24) is 0 Å². The van der Waals surface area contributed by atoms with Crippen LogP contribution in [0.5, 0.6) is 0 Å². The Hall–Kier alpha value is -1.36. The van der Waals surface area contributed by atoms with Gasteiger partial charge in [0.2, 0.25) is 0 Å². The highest BCUT2D eigenvalue weighted by Crippen LogP contribution is 2.12. The van der Waals surface area contributed by atoms with Gasteiger partial charge in [0.15, 0.2) is 15.6 Å². The number of nitrogens with two attached hydrogens (primary N) is 1. The van der Waals surface area contributed by atoms with E-state index in [1.807, 2.05) is 0 Å². The third-order valence-corrected chi connectivity index (χ3v) is 4.60. The second-order valence-corrected chi connectivity index (χ2v) is 6.19. The number of hydrogen-bond donors (Lipinski definition) is 1. The summed E-state index contributed by atoms with van der Waals surface area (Å²) in [4.78, 5) is 11.8. The zero-order valence-electron chi connectivity index (χ0n) is 9.30. The first kappa shape index (κ1) is 12.7. The molecule has 5 heteroatoms. The summed E-state index contributed by atoms with van der Waals surface area (Å²) in [6.45, 7) is 2.94. The van der Waals surface area contributed by atoms with Gasteiger partial charge in [-0.2, -0.15) is 0 Å². The molecular formula is C11H15NO3S. The molecule has 0 saturated carbocycles. The Kier molecular flexibility index (Phi) is 3.70. The van der Waals surface area contributed by atoms with Crippen LogP contribution in [0.15, 0.2) is 24.3 Å². The number of Topliss-reactive ketones (excluding diaryl/α,β-unsaturated/α-hetero) is 1. The first-order valence-corrected chi connectivity index (χ1v) is 6.71. The fraction of sp³-hybridized carbons (Fsp3) is 0.364. The monoisotopic (exact) mass is 241 g/mol. The highest BCUT2D eigenvalue weighted by Gasteiger charge is 2.26. The van der Waals surface area contributed by atoms with E-state index in [0.717, 1.165) is 0 Å². The summed E-state index contributed by atoms with van der Waals surface area (Å²) in [6.07, 6.45) is 0. The van der Waals surface area contributed by atoms with Crippen molar-refractivity contribution in [2.75, 3.05) is 11.5 Å². The molecule has 1 aromatic rings. The number of ketones is 1. The molecular weight excluding hydrogens is 226 g/mol. The van der Waals surface area contributed by atoms with Crippen LogP contribution in [0, 0.1) is 0 Å². The molecule has 1 unspecified atom stereocenters. The fourth-order valence-corrected chi connectivity index (χ4v) is 2.26. The number of sulfone groups is 1. The van der Waals surface area contributed by atoms with E-state index in [2.05, 4.69) is 0 Å². The van der Waals surface area contributed by atoms with Gasteiger partial charge in [0.05, 0.1) is 0 Å². The number of nitrogen functional groups attached to an aromatic ring is 1. The third-order valence-electron chi connectivity index (χ3n) is 2.51. The Balaban J connectivity index is 2.99. The molecule has 0 bridgehead atoms. The molecule has 0 fully saturated rings. The minimum Gasteiger partial charge on any atom is -0.399 e. The van der Waals surface area contributed by atoms with Gasteiger partial charge >= 0.3 is 0 Å². The van der Waals surface area contributed by atoms with Crippen LogP contribution < -0.4 is 5.73 Å². The summed E-state index contributed by atoms with van der Waals surface area (Å²) in [5.41, 5.74) is 6.40. The van der Waals surface area contributed by atoms with Crippen LogP contribution in [0.3, 0.4) is 0 Å². The van der Waals surface area contributed by atoms with E-state index in [-0.39, 0.29) is 11.5 Å². The van der Waals surface area contributed by atoms with Crippen molar-refractivity contribution in [3.05, 3.63) is 29.8 Å². The van der Waals surface area contributed by atoms with Crippen LogP contribution in [-0.4, -0.2) is 25.2 Å². The largest absolute Gasteiger partial charge is 0.399 e. The number of rotatable bonds is 4. The lowest BCUT2D eigenvalue weighted by Gasteiger charge is -2.10. The van der Waals surface area contributed by atoms with E-state index in [0.29, 0.717) is 11.3 Å². The molecule has 0 aliphatic heterocycles. The van der Waals surface area contributed by atoms with E-state index in [1.165, 1.54) is 13.8 Å². The lowest BCUT2D eigenvalue weighted by molar-refractivity contribution is 0.0991. The lowest BCUT2D eigenvalue weighted by atomic mass is 10.1. The molecule has 1 atom stereocenters. The molecule has 0 amide bonds. The molecule has 2 N–H and O–H groups in total. The van der Waals surface area contributed by atoms with E-state index in [9.17, 15) is 13.2 Å². The van der Waals surface area contributed by atoms with Gasteiger partial charge < -0.3 is 5.73 Å². The van der Waals surface area contributed by atoms with E-state index >= 15 is 0 Å². The summed E-state index contributed by atoms with van der Waals surface area (Å²) in [5.74, 6) is -0.420. The quantitative estimate of drug-likeness (QED) is 0.636. The number of carbonyl (C=O) groups excluding carboxylic acids is 1. The molecule has 0 aliphatic rings. The van der Waals surface area contributed by atoms with E-state index in [4.69, 9.17) is 5.73 Å². The SMILES string of the molecule is CCS(=O)(=O)C(C)C(=O)c1ccc(N)cc1. The molecule has 4 nitrogen and oxygen atoms in total. The standard InChI is InChI=1S/C11H15NO3S/c1-3-16(14,15)8(2)11(13)9-4-6-10(12)7-5-9/h4-8H,3,12H2,1-2H3. The van der Waals surface area contributed by atoms with Crippen LogP contribution in [0.2, 0.25) is 0 Å². The summed E-state index contributed by atoms with van der Waals surface area (Å²) in [5, 5.41) is -0.999. The maximum Gasteiger partial charge on any atom is 0.180 e. The van der Waals surface area contributed by atoms with Gasteiger partial charge in [0.1, 0.15) is 5.25 Å². The zero-order chi connectivity index (χ0) is 12.3. The normalized spacial score (nSPS) is 13.4. The van der Waals surface area contributed by atoms with Gasteiger partial charge in [-0.25, -0.2) is 8.42 Å². The first-order chi connectivity index (χ1) is 7.38. The van der Waals surface area contributed by atoms with Gasteiger partial charge in [0.25, 0.3) is 0 Å². The Morgan fingerprint density at radius 2 is 1.81 bits per heavy atom. The first-order valence-electron chi connectivity index (χ1n) is 5.00. The Morgan fingerprint density at radius 3 is 2.25 bits per heavy atom. The molecule has 0 heterocycles. The van der Waals surface area contributed by atoms with Crippen molar-refractivity contribution in [3.8, 4) is 0 Å². The van der Waals surface area contributed by atoms with Crippen LogP contribution in [-0.2, 0) is 9.84 Å². The minimum atomic E-state index is -3.34. The molecule has 0 radical (unpaired) electrons. The number of benzene rings is 1. The van der Waals surface area contributed by atoms with E-state index in [1.54, 1.807) is 24.3 Å². The molecule has 0 saturated heterocycles. The highest BCUT2D eigenvalue weighted by molar-refractivity contribution is 7.92. The highest BCUT2D eigenvalue weighted by atomic mass is 32.2. The van der Waals surface area contributed by atoms with Gasteiger partial charge in [-0.3, -0.25) is 4.79 Å². The smallest absolute Gasteiger partial charge is 0.180 e. The maximum atomic E-state index is 11.8. The Morgan fingerprint density at radius 1 is 1.31 bits per heavy atom. The number of anilines is 1. The van der Waals surface area contributed by atoms with Crippen molar-refractivity contribution in [2.45, 2.75) is 19.1 Å². The predicted molar refractivity (Wildman–Crippen MR) is 64.1 cm³/mol. The van der Waals surface area contributed by atoms with Crippen molar-refractivity contribution >= 4 is 21.3 Å². The zero-order valence-corrected chi connectivity index (χ0v) is 10.1. The Labute approximate surface area is 95.4 Å². The summed E-state index contributed by atoms with van der Waals surface area (Å²) >= 11 is 0. The van der Waals surface area contributed by atoms with Gasteiger partial charge in [-0.05, 0) is 31.2 Å². The minimum absolute atomic E-state index is 0.0329. The molecule has 0 spiro atoms. The summed E-state index contributed by atoms with van der Waals surface area (Å²) in [7, 11) is -3.34. The predicted octanol–water partition coefficient (Wildman–Crippen LogP) is 1.27. The average molecular weight is 241 g/mol. The van der Waals surface area contributed by atoms with Crippen LogP contribution in [0.4, 0.5) is 5.69 Å². The Bertz CT molecular complexity index is 476. The van der Waals surface area contributed by atoms with Gasteiger partial charge in [-0.1, -0.05) is 6.92 Å². The molecule has 1 aromatic carbocycles. The van der Waals surface area contributed by atoms with Crippen LogP contribution in [0.25, 0.3) is 0 Å². The molecule has 1 rings (SSSR count). The summed E-state index contributed by atoms with van der Waals surface area (Å²) < 4.78 is 23.1. The van der Waals surface area contributed by atoms with E-state index < -0.39 is 15.1 Å². The molecule has 16 heavy (non-hydrogen) atoms. The number of carbonyl (C=O) groups is 1. The second-order valence-electron chi connectivity index (χ2n) is 3.58. The van der Waals surface area contributed by atoms with Crippen molar-refractivity contribution in [3.63, 3.8) is 0 Å². The van der Waals surface area contributed by atoms with Gasteiger partial charge in [-0.15, -0.1) is 0 Å². The molecule has 0 aromatic heterocycles. The molecule has 88 valence electrons. The van der Waals surface area contributed by atoms with Crippen molar-refractivity contribution in [2.24, 2.45) is 0 Å². The topological polar surface area (TPSA) is 77.2 Å². The maximum absolute atomic E-state index is 11.8. The van der Waals surface area contributed by atoms with Crippen molar-refractivity contribution in [1.29, 1.82) is 0 Å². The average Bonchev–Trinajstić information content (AvgIpc) is 2.28. The summed E-state index contributed by atoms with van der Waals surface area (Å²) in [6, 6.07) is 6.25.